The molecule has 0 aromatic carbocycles. The monoisotopic (exact) mass is 272 g/mol. The third-order valence-electron chi connectivity index (χ3n) is 7.32. The second-order valence-corrected chi connectivity index (χ2v) is 8.98. The molecule has 0 nitrogen and oxygen atoms in total. The second-order valence-electron chi connectivity index (χ2n) is 8.98. The van der Waals surface area contributed by atoms with Crippen molar-refractivity contribution in [2.45, 2.75) is 66.7 Å². The van der Waals surface area contributed by atoms with E-state index >= 15 is 0 Å². The molecule has 0 saturated heterocycles. The zero-order valence-corrected chi connectivity index (χ0v) is 14.1. The largest absolute Gasteiger partial charge is 0.0990 e. The highest BCUT2D eigenvalue weighted by molar-refractivity contribution is 5.22. The summed E-state index contributed by atoms with van der Waals surface area (Å²) in [7, 11) is 0. The lowest BCUT2D eigenvalue weighted by Crippen LogP contribution is -2.21. The number of fused-ring (bicyclic) bond motifs is 3. The molecular formula is C20H32. The van der Waals surface area contributed by atoms with E-state index in [1.165, 1.54) is 37.7 Å². The average Bonchev–Trinajstić information content (AvgIpc) is 2.74. The Kier molecular flexibility index (Phi) is 3.23. The van der Waals surface area contributed by atoms with Gasteiger partial charge in [0.05, 0.1) is 0 Å². The van der Waals surface area contributed by atoms with Crippen LogP contribution in [0.2, 0.25) is 0 Å². The number of hydrogen-bond donors (Lipinski definition) is 0. The maximum Gasteiger partial charge on any atom is -0.0116 e. The normalized spacial score (nSPS) is 42.5. The summed E-state index contributed by atoms with van der Waals surface area (Å²) in [4.78, 5) is 0. The summed E-state index contributed by atoms with van der Waals surface area (Å²) >= 11 is 0. The van der Waals surface area contributed by atoms with Crippen molar-refractivity contribution in [1.29, 1.82) is 0 Å². The summed E-state index contributed by atoms with van der Waals surface area (Å²) in [6, 6.07) is 0. The molecule has 4 atom stereocenters. The van der Waals surface area contributed by atoms with Crippen molar-refractivity contribution in [3.63, 3.8) is 0 Å². The Morgan fingerprint density at radius 1 is 1.10 bits per heavy atom. The molecule has 4 aliphatic rings. The minimum atomic E-state index is 0.475. The molecule has 0 radical (unpaired) electrons. The lowest BCUT2D eigenvalue weighted by Gasteiger charge is -2.31. The lowest BCUT2D eigenvalue weighted by molar-refractivity contribution is 0.289. The van der Waals surface area contributed by atoms with Gasteiger partial charge in [-0.3, -0.25) is 0 Å². The first kappa shape index (κ1) is 14.4. The molecule has 0 spiro atoms. The van der Waals surface area contributed by atoms with Gasteiger partial charge in [0.15, 0.2) is 0 Å². The average molecular weight is 272 g/mol. The van der Waals surface area contributed by atoms with E-state index in [1.54, 1.807) is 5.57 Å². The zero-order valence-electron chi connectivity index (χ0n) is 14.1. The molecule has 20 heavy (non-hydrogen) atoms. The predicted molar refractivity (Wildman–Crippen MR) is 87.5 cm³/mol. The van der Waals surface area contributed by atoms with Crippen LogP contribution in [0.1, 0.15) is 66.7 Å². The quantitative estimate of drug-likeness (QED) is 0.475. The van der Waals surface area contributed by atoms with Crippen molar-refractivity contribution in [1.82, 2.24) is 0 Å². The number of allylic oxidation sites excluding steroid dienone is 3. The summed E-state index contributed by atoms with van der Waals surface area (Å²) in [5.74, 6) is 3.90. The van der Waals surface area contributed by atoms with Crippen LogP contribution >= 0.6 is 0 Å². The van der Waals surface area contributed by atoms with Crippen LogP contribution in [0, 0.1) is 34.5 Å². The molecule has 0 heterocycles. The smallest absolute Gasteiger partial charge is 0.0116 e. The Morgan fingerprint density at radius 2 is 1.80 bits per heavy atom. The first-order chi connectivity index (χ1) is 9.24. The predicted octanol–water partition coefficient (Wildman–Crippen LogP) is 6.00. The summed E-state index contributed by atoms with van der Waals surface area (Å²) in [6.07, 6.45) is 9.46. The molecule has 2 bridgehead atoms. The van der Waals surface area contributed by atoms with Crippen molar-refractivity contribution in [2.75, 3.05) is 0 Å². The van der Waals surface area contributed by atoms with Crippen molar-refractivity contribution in [3.05, 3.63) is 23.8 Å². The number of rotatable bonds is 0. The van der Waals surface area contributed by atoms with E-state index in [-0.39, 0.29) is 0 Å². The lowest BCUT2D eigenvalue weighted by atomic mass is 9.73. The van der Waals surface area contributed by atoms with Gasteiger partial charge in [0.1, 0.15) is 0 Å². The van der Waals surface area contributed by atoms with Crippen LogP contribution in [-0.2, 0) is 0 Å². The van der Waals surface area contributed by atoms with Crippen LogP contribution in [0.25, 0.3) is 0 Å². The standard InChI is InChI=1S/2C10H16/c1-7-8-4-5-9(6-8)10(7,2)3;1-7-4-5-8-9(6-7)10(8,2)3/h8-9H,1,4-6H2,2-3H3;4,8-9H,5-6H2,1-3H3. The van der Waals surface area contributed by atoms with Gasteiger partial charge in [-0.05, 0) is 73.5 Å². The molecule has 0 aromatic rings. The molecule has 0 aliphatic heterocycles. The van der Waals surface area contributed by atoms with Gasteiger partial charge in [-0.2, -0.15) is 0 Å². The highest BCUT2D eigenvalue weighted by Crippen LogP contribution is 2.64. The summed E-state index contributed by atoms with van der Waals surface area (Å²) in [6.45, 7) is 16.0. The zero-order chi connectivity index (χ0) is 14.7. The first-order valence-electron chi connectivity index (χ1n) is 8.59. The SMILES string of the molecule is C=C1C2CCC(C2)C1(C)C.CC1=CCC2C(C1)C2(C)C. The van der Waals surface area contributed by atoms with Gasteiger partial charge in [0.2, 0.25) is 0 Å². The van der Waals surface area contributed by atoms with Gasteiger partial charge < -0.3 is 0 Å². The van der Waals surface area contributed by atoms with E-state index in [0.717, 1.165) is 23.7 Å². The van der Waals surface area contributed by atoms with Gasteiger partial charge in [0, 0.05) is 0 Å². The van der Waals surface area contributed by atoms with Crippen LogP contribution in [0.5, 0.6) is 0 Å². The van der Waals surface area contributed by atoms with Crippen LogP contribution in [0.4, 0.5) is 0 Å². The summed E-state index contributed by atoms with van der Waals surface area (Å²) < 4.78 is 0. The molecule has 3 fully saturated rings. The molecule has 0 amide bonds. The molecule has 0 heteroatoms. The van der Waals surface area contributed by atoms with Crippen LogP contribution in [-0.4, -0.2) is 0 Å². The molecule has 4 aliphatic carbocycles. The fourth-order valence-electron chi connectivity index (χ4n) is 5.23. The molecule has 0 aromatic heterocycles. The maximum atomic E-state index is 4.19. The van der Waals surface area contributed by atoms with Crippen LogP contribution in [0.15, 0.2) is 23.8 Å². The Balaban J connectivity index is 0.000000121. The fourth-order valence-corrected chi connectivity index (χ4v) is 5.23. The van der Waals surface area contributed by atoms with Crippen molar-refractivity contribution in [3.8, 4) is 0 Å². The summed E-state index contributed by atoms with van der Waals surface area (Å²) in [5, 5.41) is 0. The van der Waals surface area contributed by atoms with Gasteiger partial charge >= 0.3 is 0 Å². The Bertz CT molecular complexity index is 449. The first-order valence-corrected chi connectivity index (χ1v) is 8.59. The van der Waals surface area contributed by atoms with Gasteiger partial charge in [-0.1, -0.05) is 51.5 Å². The maximum absolute atomic E-state index is 4.19. The van der Waals surface area contributed by atoms with E-state index in [0.29, 0.717) is 10.8 Å². The Hall–Kier alpha value is -0.520. The molecule has 0 N–H and O–H groups in total. The van der Waals surface area contributed by atoms with Crippen molar-refractivity contribution >= 4 is 0 Å². The van der Waals surface area contributed by atoms with E-state index in [2.05, 4.69) is 47.3 Å². The number of hydrogen-bond acceptors (Lipinski definition) is 0. The topological polar surface area (TPSA) is 0 Å². The van der Waals surface area contributed by atoms with E-state index in [4.69, 9.17) is 0 Å². The van der Waals surface area contributed by atoms with Crippen LogP contribution in [0.3, 0.4) is 0 Å². The van der Waals surface area contributed by atoms with Crippen LogP contribution < -0.4 is 0 Å². The third-order valence-corrected chi connectivity index (χ3v) is 7.32. The highest BCUT2D eigenvalue weighted by Gasteiger charge is 2.57. The van der Waals surface area contributed by atoms with Gasteiger partial charge in [0.25, 0.3) is 0 Å². The van der Waals surface area contributed by atoms with E-state index < -0.39 is 0 Å². The van der Waals surface area contributed by atoms with Crippen molar-refractivity contribution < 1.29 is 0 Å². The summed E-state index contributed by atoms with van der Waals surface area (Å²) in [5.41, 5.74) is 4.30. The van der Waals surface area contributed by atoms with Gasteiger partial charge in [-0.15, -0.1) is 0 Å². The molecule has 4 rings (SSSR count). The molecule has 4 unspecified atom stereocenters. The van der Waals surface area contributed by atoms with Gasteiger partial charge in [-0.25, -0.2) is 0 Å². The Morgan fingerprint density at radius 3 is 2.20 bits per heavy atom. The fraction of sp³-hybridized carbons (Fsp3) is 0.800. The minimum Gasteiger partial charge on any atom is -0.0990 e. The molecular weight excluding hydrogens is 240 g/mol. The molecule has 3 saturated carbocycles. The Labute approximate surface area is 125 Å². The van der Waals surface area contributed by atoms with E-state index in [9.17, 15) is 0 Å². The van der Waals surface area contributed by atoms with E-state index in [1.807, 2.05) is 0 Å². The van der Waals surface area contributed by atoms with Crippen molar-refractivity contribution in [2.24, 2.45) is 34.5 Å². The molecule has 112 valence electrons. The second kappa shape index (κ2) is 4.49. The third kappa shape index (κ3) is 2.11. The minimum absolute atomic E-state index is 0.475. The highest BCUT2D eigenvalue weighted by atomic mass is 14.6.